The molecule has 6 nitrogen and oxygen atoms in total. The first-order chi connectivity index (χ1) is 16.0. The standard InChI is InChI=1S/C23H18Cl2FN5OS/c24-16-9-10-19(25)20(11-16)31-21(13-27-22(32)28-18-8-4-7-17(26)12-18)29-30-23(31)33-14-15-5-2-1-3-6-15/h1-12H,13-14H2,(H2,27,28,32). The van der Waals surface area contributed by atoms with Crippen LogP contribution in [-0.2, 0) is 12.3 Å². The highest BCUT2D eigenvalue weighted by molar-refractivity contribution is 7.98. The number of amides is 2. The summed E-state index contributed by atoms with van der Waals surface area (Å²) in [6.07, 6.45) is 0. The van der Waals surface area contributed by atoms with Crippen LogP contribution in [0.4, 0.5) is 14.9 Å². The third-order valence-corrected chi connectivity index (χ3v) is 6.10. The molecule has 0 aliphatic rings. The van der Waals surface area contributed by atoms with Gasteiger partial charge in [-0.2, -0.15) is 0 Å². The van der Waals surface area contributed by atoms with E-state index in [1.54, 1.807) is 28.8 Å². The summed E-state index contributed by atoms with van der Waals surface area (Å²) in [4.78, 5) is 12.3. The molecule has 168 valence electrons. The van der Waals surface area contributed by atoms with Crippen LogP contribution < -0.4 is 10.6 Å². The molecule has 0 saturated carbocycles. The number of aromatic nitrogens is 3. The van der Waals surface area contributed by atoms with Crippen LogP contribution in [0.3, 0.4) is 0 Å². The number of benzene rings is 3. The van der Waals surface area contributed by atoms with Crippen LogP contribution in [0.2, 0.25) is 10.0 Å². The van der Waals surface area contributed by atoms with Crippen molar-refractivity contribution < 1.29 is 9.18 Å². The summed E-state index contributed by atoms with van der Waals surface area (Å²) in [5, 5.41) is 15.4. The second-order valence-corrected chi connectivity index (χ2v) is 8.71. The summed E-state index contributed by atoms with van der Waals surface area (Å²) in [5.41, 5.74) is 2.07. The Morgan fingerprint density at radius 3 is 2.61 bits per heavy atom. The fourth-order valence-corrected chi connectivity index (χ4v) is 4.32. The third-order valence-electron chi connectivity index (χ3n) is 4.55. The highest BCUT2D eigenvalue weighted by Gasteiger charge is 2.18. The number of nitrogens with zero attached hydrogens (tertiary/aromatic N) is 3. The van der Waals surface area contributed by atoms with Crippen molar-refractivity contribution >= 4 is 46.7 Å². The second-order valence-electron chi connectivity index (χ2n) is 6.92. The smallest absolute Gasteiger partial charge is 0.319 e. The molecule has 0 aliphatic heterocycles. The summed E-state index contributed by atoms with van der Waals surface area (Å²) >= 11 is 14.2. The Hall–Kier alpha value is -3.07. The van der Waals surface area contributed by atoms with Gasteiger partial charge < -0.3 is 10.6 Å². The van der Waals surface area contributed by atoms with Crippen molar-refractivity contribution in [3.8, 4) is 5.69 Å². The molecule has 0 unspecified atom stereocenters. The number of nitrogens with one attached hydrogen (secondary N) is 2. The van der Waals surface area contributed by atoms with Crippen LogP contribution in [0.15, 0.2) is 78.0 Å². The lowest BCUT2D eigenvalue weighted by atomic mass is 10.2. The molecule has 0 fully saturated rings. The molecule has 33 heavy (non-hydrogen) atoms. The Morgan fingerprint density at radius 2 is 1.82 bits per heavy atom. The average Bonchev–Trinajstić information content (AvgIpc) is 3.21. The Balaban J connectivity index is 1.56. The van der Waals surface area contributed by atoms with E-state index in [-0.39, 0.29) is 6.54 Å². The molecule has 0 aliphatic carbocycles. The first kappa shape index (κ1) is 23.1. The average molecular weight is 502 g/mol. The molecule has 0 bridgehead atoms. The van der Waals surface area contributed by atoms with Crippen molar-refractivity contribution in [1.29, 1.82) is 0 Å². The Morgan fingerprint density at radius 1 is 1.00 bits per heavy atom. The molecular weight excluding hydrogens is 484 g/mol. The highest BCUT2D eigenvalue weighted by Crippen LogP contribution is 2.30. The highest BCUT2D eigenvalue weighted by atomic mass is 35.5. The number of thioether (sulfide) groups is 1. The summed E-state index contributed by atoms with van der Waals surface area (Å²) in [6.45, 7) is 0.0584. The number of hydrogen-bond donors (Lipinski definition) is 2. The van der Waals surface area contributed by atoms with Crippen LogP contribution in [-0.4, -0.2) is 20.8 Å². The van der Waals surface area contributed by atoms with Crippen LogP contribution in [0.25, 0.3) is 5.69 Å². The van der Waals surface area contributed by atoms with Gasteiger partial charge in [0.2, 0.25) is 0 Å². The van der Waals surface area contributed by atoms with Crippen molar-refractivity contribution in [2.24, 2.45) is 0 Å². The first-order valence-corrected chi connectivity index (χ1v) is 11.6. The monoisotopic (exact) mass is 501 g/mol. The number of carbonyl (C=O) groups excluding carboxylic acids is 1. The summed E-state index contributed by atoms with van der Waals surface area (Å²) in [6, 6.07) is 20.2. The molecule has 0 spiro atoms. The Kier molecular flexibility index (Phi) is 7.49. The van der Waals surface area contributed by atoms with Crippen LogP contribution >= 0.6 is 35.0 Å². The van der Waals surface area contributed by atoms with Crippen molar-refractivity contribution in [1.82, 2.24) is 20.1 Å². The molecule has 2 N–H and O–H groups in total. The molecule has 1 heterocycles. The van der Waals surface area contributed by atoms with Gasteiger partial charge in [0.25, 0.3) is 0 Å². The first-order valence-electron chi connectivity index (χ1n) is 9.86. The molecule has 0 radical (unpaired) electrons. The van der Waals surface area contributed by atoms with Crippen LogP contribution in [0.1, 0.15) is 11.4 Å². The maximum atomic E-state index is 13.4. The van der Waals surface area contributed by atoms with E-state index in [0.717, 1.165) is 5.56 Å². The zero-order valence-corrected chi connectivity index (χ0v) is 19.5. The van der Waals surface area contributed by atoms with Crippen molar-refractivity contribution in [2.45, 2.75) is 17.5 Å². The van der Waals surface area contributed by atoms with E-state index in [0.29, 0.717) is 38.2 Å². The van der Waals surface area contributed by atoms with Crippen molar-refractivity contribution in [2.75, 3.05) is 5.32 Å². The minimum Gasteiger partial charge on any atom is -0.331 e. The second kappa shape index (κ2) is 10.7. The molecule has 3 aromatic carbocycles. The van der Waals surface area contributed by atoms with Gasteiger partial charge >= 0.3 is 6.03 Å². The lowest BCUT2D eigenvalue weighted by Gasteiger charge is -2.13. The number of anilines is 1. The van der Waals surface area contributed by atoms with E-state index in [1.165, 1.54) is 30.0 Å². The van der Waals surface area contributed by atoms with Gasteiger partial charge in [-0.1, -0.05) is 71.4 Å². The summed E-state index contributed by atoms with van der Waals surface area (Å²) in [5.74, 6) is 0.692. The van der Waals surface area contributed by atoms with Gasteiger partial charge in [-0.05, 0) is 42.0 Å². The minimum absolute atomic E-state index is 0.0584. The zero-order valence-electron chi connectivity index (χ0n) is 17.1. The predicted octanol–water partition coefficient (Wildman–Crippen LogP) is 6.33. The van der Waals surface area contributed by atoms with Gasteiger partial charge in [-0.15, -0.1) is 10.2 Å². The predicted molar refractivity (Wildman–Crippen MR) is 130 cm³/mol. The number of urea groups is 1. The molecule has 4 rings (SSSR count). The number of carbonyl (C=O) groups is 1. The summed E-state index contributed by atoms with van der Waals surface area (Å²) in [7, 11) is 0. The molecule has 10 heteroatoms. The molecule has 2 amide bonds. The zero-order chi connectivity index (χ0) is 23.2. The Labute approximate surface area is 204 Å². The fraction of sp³-hybridized carbons (Fsp3) is 0.0870. The van der Waals surface area contributed by atoms with Crippen molar-refractivity contribution in [3.63, 3.8) is 0 Å². The largest absolute Gasteiger partial charge is 0.331 e. The maximum Gasteiger partial charge on any atom is 0.319 e. The van der Waals surface area contributed by atoms with Gasteiger partial charge in [0.15, 0.2) is 11.0 Å². The Bertz CT molecular complexity index is 1270. The van der Waals surface area contributed by atoms with Crippen molar-refractivity contribution in [3.05, 3.63) is 100 Å². The van der Waals surface area contributed by atoms with E-state index in [9.17, 15) is 9.18 Å². The topological polar surface area (TPSA) is 71.8 Å². The quantitative estimate of drug-likeness (QED) is 0.290. The van der Waals surface area contributed by atoms with E-state index in [4.69, 9.17) is 23.2 Å². The minimum atomic E-state index is -0.508. The van der Waals surface area contributed by atoms with Gasteiger partial charge in [0.05, 0.1) is 17.3 Å². The van der Waals surface area contributed by atoms with Gasteiger partial charge in [-0.25, -0.2) is 9.18 Å². The fourth-order valence-electron chi connectivity index (χ4n) is 3.03. The molecule has 0 saturated heterocycles. The van der Waals surface area contributed by atoms with E-state index in [1.807, 2.05) is 30.3 Å². The molecule has 4 aromatic rings. The lowest BCUT2D eigenvalue weighted by Crippen LogP contribution is -2.29. The SMILES string of the molecule is O=C(NCc1nnc(SCc2ccccc2)n1-c1cc(Cl)ccc1Cl)Nc1cccc(F)c1. The maximum absolute atomic E-state index is 13.4. The van der Waals surface area contributed by atoms with Gasteiger partial charge in [-0.3, -0.25) is 4.57 Å². The van der Waals surface area contributed by atoms with Crippen LogP contribution in [0.5, 0.6) is 0 Å². The van der Waals surface area contributed by atoms with E-state index >= 15 is 0 Å². The lowest BCUT2D eigenvalue weighted by molar-refractivity contribution is 0.251. The van der Waals surface area contributed by atoms with E-state index < -0.39 is 11.8 Å². The van der Waals surface area contributed by atoms with Crippen LogP contribution in [0, 0.1) is 5.82 Å². The van der Waals surface area contributed by atoms with E-state index in [2.05, 4.69) is 20.8 Å². The normalized spacial score (nSPS) is 10.8. The summed E-state index contributed by atoms with van der Waals surface area (Å²) < 4.78 is 15.1. The number of halogens is 3. The number of rotatable bonds is 7. The van der Waals surface area contributed by atoms with Gasteiger partial charge in [0.1, 0.15) is 5.82 Å². The van der Waals surface area contributed by atoms with Gasteiger partial charge in [0, 0.05) is 16.5 Å². The number of hydrogen-bond acceptors (Lipinski definition) is 4. The molecule has 1 aromatic heterocycles. The third kappa shape index (κ3) is 6.04. The molecular formula is C23H18Cl2FN5OS. The molecule has 0 atom stereocenters.